The molecule has 1 aromatic rings. The number of benzene rings is 1. The van der Waals surface area contributed by atoms with Crippen LogP contribution < -0.4 is 10.1 Å². The second-order valence-electron chi connectivity index (χ2n) is 5.48. The Bertz CT molecular complexity index is 375. The Morgan fingerprint density at radius 1 is 1.17 bits per heavy atom. The van der Waals surface area contributed by atoms with Crippen LogP contribution in [-0.2, 0) is 0 Å². The quantitative estimate of drug-likeness (QED) is 0.784. The molecule has 0 aliphatic carbocycles. The van der Waals surface area contributed by atoms with Crippen LogP contribution in [0.4, 0.5) is 0 Å². The fourth-order valence-corrected chi connectivity index (χ4v) is 1.74. The topological polar surface area (TPSA) is 21.3 Å². The van der Waals surface area contributed by atoms with Crippen LogP contribution in [0, 0.1) is 5.41 Å². The van der Waals surface area contributed by atoms with Crippen LogP contribution >= 0.6 is 23.2 Å². The predicted molar refractivity (Wildman–Crippen MR) is 78.9 cm³/mol. The molecule has 0 heterocycles. The summed E-state index contributed by atoms with van der Waals surface area (Å²) in [6.07, 6.45) is 1.14. The molecule has 102 valence electrons. The van der Waals surface area contributed by atoms with E-state index in [4.69, 9.17) is 27.9 Å². The summed E-state index contributed by atoms with van der Waals surface area (Å²) >= 11 is 11.9. The average molecular weight is 290 g/mol. The van der Waals surface area contributed by atoms with Gasteiger partial charge in [0.1, 0.15) is 12.4 Å². The standard InChI is InChI=1S/C14H21Cl2NO/c1-14(2,3)6-7-17-8-9-18-13-10-11(15)4-5-12(13)16/h4-5,10,17H,6-9H2,1-3H3. The van der Waals surface area contributed by atoms with Crippen LogP contribution in [0.2, 0.25) is 10.0 Å². The first-order valence-corrected chi connectivity index (χ1v) is 6.93. The smallest absolute Gasteiger partial charge is 0.139 e. The van der Waals surface area contributed by atoms with E-state index >= 15 is 0 Å². The minimum Gasteiger partial charge on any atom is -0.491 e. The maximum absolute atomic E-state index is 5.99. The SMILES string of the molecule is CC(C)(C)CCNCCOc1cc(Cl)ccc1Cl. The minimum atomic E-state index is 0.365. The van der Waals surface area contributed by atoms with Gasteiger partial charge in [0, 0.05) is 17.6 Å². The number of halogens is 2. The minimum absolute atomic E-state index is 0.365. The van der Waals surface area contributed by atoms with Gasteiger partial charge in [-0.1, -0.05) is 44.0 Å². The largest absolute Gasteiger partial charge is 0.491 e. The Kier molecular flexibility index (Phi) is 6.27. The molecule has 18 heavy (non-hydrogen) atoms. The molecule has 0 aromatic heterocycles. The third-order valence-electron chi connectivity index (χ3n) is 2.48. The summed E-state index contributed by atoms with van der Waals surface area (Å²) in [6.45, 7) is 9.09. The zero-order valence-electron chi connectivity index (χ0n) is 11.2. The van der Waals surface area contributed by atoms with Crippen molar-refractivity contribution in [2.24, 2.45) is 5.41 Å². The van der Waals surface area contributed by atoms with Crippen molar-refractivity contribution in [3.05, 3.63) is 28.2 Å². The average Bonchev–Trinajstić information content (AvgIpc) is 2.26. The summed E-state index contributed by atoms with van der Waals surface area (Å²) in [6, 6.07) is 5.23. The number of nitrogens with one attached hydrogen (secondary N) is 1. The Balaban J connectivity index is 2.20. The first kappa shape index (κ1) is 15.6. The highest BCUT2D eigenvalue weighted by Gasteiger charge is 2.08. The molecular formula is C14H21Cl2NO. The van der Waals surface area contributed by atoms with E-state index in [9.17, 15) is 0 Å². The number of hydrogen-bond donors (Lipinski definition) is 1. The number of hydrogen-bond acceptors (Lipinski definition) is 2. The van der Waals surface area contributed by atoms with Gasteiger partial charge in [0.05, 0.1) is 5.02 Å². The molecular weight excluding hydrogens is 269 g/mol. The molecule has 0 aliphatic heterocycles. The Morgan fingerprint density at radius 3 is 2.56 bits per heavy atom. The van der Waals surface area contributed by atoms with E-state index in [-0.39, 0.29) is 0 Å². The molecule has 1 aromatic carbocycles. The highest BCUT2D eigenvalue weighted by molar-refractivity contribution is 6.34. The molecule has 4 heteroatoms. The van der Waals surface area contributed by atoms with Crippen molar-refractivity contribution in [1.29, 1.82) is 0 Å². The van der Waals surface area contributed by atoms with Crippen LogP contribution in [-0.4, -0.2) is 19.7 Å². The summed E-state index contributed by atoms with van der Waals surface area (Å²) in [5, 5.41) is 4.57. The normalized spacial score (nSPS) is 11.6. The highest BCUT2D eigenvalue weighted by atomic mass is 35.5. The van der Waals surface area contributed by atoms with Crippen LogP contribution in [0.5, 0.6) is 5.75 Å². The van der Waals surface area contributed by atoms with Gasteiger partial charge in [-0.2, -0.15) is 0 Å². The summed E-state index contributed by atoms with van der Waals surface area (Å²) in [4.78, 5) is 0. The molecule has 0 atom stereocenters. The molecule has 0 radical (unpaired) electrons. The second kappa shape index (κ2) is 7.22. The van der Waals surface area contributed by atoms with Crippen LogP contribution in [0.15, 0.2) is 18.2 Å². The van der Waals surface area contributed by atoms with Crippen molar-refractivity contribution in [3.8, 4) is 5.75 Å². The molecule has 0 amide bonds. The van der Waals surface area contributed by atoms with E-state index in [1.165, 1.54) is 0 Å². The monoisotopic (exact) mass is 289 g/mol. The van der Waals surface area contributed by atoms with Crippen LogP contribution in [0.1, 0.15) is 27.2 Å². The molecule has 0 fully saturated rings. The van der Waals surface area contributed by atoms with E-state index in [0.29, 0.717) is 27.8 Å². The van der Waals surface area contributed by atoms with E-state index in [1.807, 2.05) is 0 Å². The Hall–Kier alpha value is -0.440. The van der Waals surface area contributed by atoms with Gasteiger partial charge in [-0.3, -0.25) is 0 Å². The van der Waals surface area contributed by atoms with Gasteiger partial charge >= 0.3 is 0 Å². The fraction of sp³-hybridized carbons (Fsp3) is 0.571. The zero-order valence-corrected chi connectivity index (χ0v) is 12.7. The van der Waals surface area contributed by atoms with Gasteiger partial charge in [-0.15, -0.1) is 0 Å². The maximum Gasteiger partial charge on any atom is 0.139 e. The summed E-state index contributed by atoms with van der Waals surface area (Å²) in [5.41, 5.74) is 0.365. The summed E-state index contributed by atoms with van der Waals surface area (Å²) in [5.74, 6) is 0.641. The van der Waals surface area contributed by atoms with Crippen molar-refractivity contribution in [1.82, 2.24) is 5.32 Å². The Labute approximate surface area is 120 Å². The van der Waals surface area contributed by atoms with E-state index in [0.717, 1.165) is 19.5 Å². The highest BCUT2D eigenvalue weighted by Crippen LogP contribution is 2.27. The van der Waals surface area contributed by atoms with Crippen molar-refractivity contribution in [2.45, 2.75) is 27.2 Å². The van der Waals surface area contributed by atoms with Crippen LogP contribution in [0.25, 0.3) is 0 Å². The Morgan fingerprint density at radius 2 is 1.89 bits per heavy atom. The lowest BCUT2D eigenvalue weighted by Crippen LogP contribution is -2.25. The number of ether oxygens (including phenoxy) is 1. The number of rotatable bonds is 6. The van der Waals surface area contributed by atoms with Gasteiger partial charge in [-0.25, -0.2) is 0 Å². The van der Waals surface area contributed by atoms with Gasteiger partial charge in [0.15, 0.2) is 0 Å². The second-order valence-corrected chi connectivity index (χ2v) is 6.33. The third kappa shape index (κ3) is 6.48. The molecule has 0 unspecified atom stereocenters. The zero-order chi connectivity index (χ0) is 13.6. The lowest BCUT2D eigenvalue weighted by atomic mass is 9.92. The van der Waals surface area contributed by atoms with Crippen molar-refractivity contribution >= 4 is 23.2 Å². The van der Waals surface area contributed by atoms with Crippen molar-refractivity contribution < 1.29 is 4.74 Å². The first-order chi connectivity index (χ1) is 8.38. The predicted octanol–water partition coefficient (Wildman–Crippen LogP) is 4.40. The third-order valence-corrected chi connectivity index (χ3v) is 3.03. The molecule has 2 nitrogen and oxygen atoms in total. The van der Waals surface area contributed by atoms with Gasteiger partial charge in [0.2, 0.25) is 0 Å². The van der Waals surface area contributed by atoms with Gasteiger partial charge in [-0.05, 0) is 30.5 Å². The molecule has 0 saturated heterocycles. The summed E-state index contributed by atoms with van der Waals surface area (Å²) < 4.78 is 5.57. The van der Waals surface area contributed by atoms with Crippen molar-refractivity contribution in [3.63, 3.8) is 0 Å². The van der Waals surface area contributed by atoms with Gasteiger partial charge < -0.3 is 10.1 Å². The fourth-order valence-electron chi connectivity index (χ4n) is 1.41. The summed E-state index contributed by atoms with van der Waals surface area (Å²) in [7, 11) is 0. The molecule has 1 N–H and O–H groups in total. The molecule has 0 spiro atoms. The molecule has 1 rings (SSSR count). The molecule has 0 bridgehead atoms. The van der Waals surface area contributed by atoms with E-state index in [2.05, 4.69) is 26.1 Å². The molecule has 0 aliphatic rings. The van der Waals surface area contributed by atoms with Crippen LogP contribution in [0.3, 0.4) is 0 Å². The van der Waals surface area contributed by atoms with Crippen molar-refractivity contribution in [2.75, 3.05) is 19.7 Å². The first-order valence-electron chi connectivity index (χ1n) is 6.17. The van der Waals surface area contributed by atoms with E-state index < -0.39 is 0 Å². The van der Waals surface area contributed by atoms with Gasteiger partial charge in [0.25, 0.3) is 0 Å². The lowest BCUT2D eigenvalue weighted by Gasteiger charge is -2.18. The maximum atomic E-state index is 5.99. The molecule has 0 saturated carbocycles. The van der Waals surface area contributed by atoms with E-state index in [1.54, 1.807) is 18.2 Å². The lowest BCUT2D eigenvalue weighted by molar-refractivity contribution is 0.304.